The number of benzene rings is 1. The molecule has 0 radical (unpaired) electrons. The van der Waals surface area contributed by atoms with Crippen LogP contribution in [0, 0.1) is 0 Å². The number of amides is 3. The highest BCUT2D eigenvalue weighted by Gasteiger charge is 2.55. The summed E-state index contributed by atoms with van der Waals surface area (Å²) in [6.45, 7) is 9.65. The van der Waals surface area contributed by atoms with Crippen LogP contribution in [0.4, 0.5) is 10.5 Å². The fourth-order valence-electron chi connectivity index (χ4n) is 4.25. The Kier molecular flexibility index (Phi) is 5.43. The number of fused-ring (bicyclic) bond motifs is 1. The number of methoxy groups -OCH3 is 1. The summed E-state index contributed by atoms with van der Waals surface area (Å²) in [4.78, 5) is 37.1. The third-order valence-corrected chi connectivity index (χ3v) is 5.95. The molecule has 0 aliphatic carbocycles. The zero-order chi connectivity index (χ0) is 22.3. The first-order valence-corrected chi connectivity index (χ1v) is 10.4. The standard InChI is InChI=1S/C22H29N6O3/c1-15(2)14-28-18-19(24(3)22(30)25(4)20(18)29)23-21(28)27-12-10-26(11-13-27)16-6-8-17(31-5)9-7-16/h6-9,18H,1,10-14H2,2-5H3/q+1. The molecule has 31 heavy (non-hydrogen) atoms. The minimum Gasteiger partial charge on any atom is -0.497 e. The average molecular weight is 426 g/mol. The van der Waals surface area contributed by atoms with Gasteiger partial charge in [0.1, 0.15) is 5.75 Å². The summed E-state index contributed by atoms with van der Waals surface area (Å²) < 4.78 is 7.44. The summed E-state index contributed by atoms with van der Waals surface area (Å²) in [7, 11) is 4.85. The lowest BCUT2D eigenvalue weighted by molar-refractivity contribution is -0.534. The molecular weight excluding hydrogens is 396 g/mol. The molecule has 0 bridgehead atoms. The number of amidine groups is 1. The lowest BCUT2D eigenvalue weighted by Crippen LogP contribution is -2.63. The number of carbonyl (C=O) groups excluding carboxylic acids is 2. The van der Waals surface area contributed by atoms with Crippen molar-refractivity contribution in [3.8, 4) is 5.75 Å². The topological polar surface area (TPSA) is 71.7 Å². The predicted molar refractivity (Wildman–Crippen MR) is 119 cm³/mol. The number of aliphatic imine (C=N–C) groups is 1. The SMILES string of the molecule is C=C(C)CN1C(=[N+]2CCN(c3ccc(OC)cc3)CC2)N=C2C1C(=O)N(C)C(=O)N2C. The summed E-state index contributed by atoms with van der Waals surface area (Å²) in [5.41, 5.74) is 2.08. The molecule has 9 heteroatoms. The summed E-state index contributed by atoms with van der Waals surface area (Å²) in [6, 6.07) is 7.10. The number of hydrogen-bond acceptors (Lipinski definition) is 4. The van der Waals surface area contributed by atoms with Gasteiger partial charge in [-0.15, -0.1) is 0 Å². The van der Waals surface area contributed by atoms with Crippen molar-refractivity contribution in [1.82, 2.24) is 14.7 Å². The Bertz CT molecular complexity index is 973. The van der Waals surface area contributed by atoms with Crippen LogP contribution in [0.1, 0.15) is 6.92 Å². The number of ether oxygens (including phenoxy) is 1. The highest BCUT2D eigenvalue weighted by Crippen LogP contribution is 2.25. The van der Waals surface area contributed by atoms with E-state index in [0.717, 1.165) is 49.1 Å². The van der Waals surface area contributed by atoms with Crippen LogP contribution in [0.3, 0.4) is 0 Å². The van der Waals surface area contributed by atoms with Gasteiger partial charge in [-0.25, -0.2) is 9.69 Å². The van der Waals surface area contributed by atoms with Gasteiger partial charge < -0.3 is 9.64 Å². The first-order chi connectivity index (χ1) is 14.8. The maximum atomic E-state index is 12.9. The molecule has 2 saturated heterocycles. The van der Waals surface area contributed by atoms with E-state index in [9.17, 15) is 9.59 Å². The summed E-state index contributed by atoms with van der Waals surface area (Å²) in [5, 5.41) is 0. The van der Waals surface area contributed by atoms with Crippen molar-refractivity contribution in [3.63, 3.8) is 0 Å². The van der Waals surface area contributed by atoms with E-state index < -0.39 is 6.04 Å². The van der Waals surface area contributed by atoms with Gasteiger partial charge in [-0.2, -0.15) is 0 Å². The molecule has 4 rings (SSSR count). The molecule has 1 aromatic carbocycles. The van der Waals surface area contributed by atoms with Gasteiger partial charge >= 0.3 is 12.0 Å². The summed E-state index contributed by atoms with van der Waals surface area (Å²) in [5.74, 6) is 1.81. The Morgan fingerprint density at radius 1 is 1.16 bits per heavy atom. The lowest BCUT2D eigenvalue weighted by Gasteiger charge is -2.34. The largest absolute Gasteiger partial charge is 0.497 e. The molecule has 3 aliphatic heterocycles. The highest BCUT2D eigenvalue weighted by atomic mass is 16.5. The lowest BCUT2D eigenvalue weighted by atomic mass is 10.1. The van der Waals surface area contributed by atoms with Crippen LogP contribution in [-0.4, -0.2) is 103 Å². The number of urea groups is 1. The van der Waals surface area contributed by atoms with Crippen LogP contribution in [-0.2, 0) is 4.79 Å². The molecule has 0 saturated carbocycles. The number of rotatable bonds is 4. The number of piperazine rings is 1. The number of imide groups is 1. The van der Waals surface area contributed by atoms with Gasteiger partial charge in [0, 0.05) is 32.9 Å². The normalized spacial score (nSPS) is 21.5. The Morgan fingerprint density at radius 2 is 1.81 bits per heavy atom. The summed E-state index contributed by atoms with van der Waals surface area (Å²) >= 11 is 0. The van der Waals surface area contributed by atoms with E-state index in [1.165, 1.54) is 16.8 Å². The third-order valence-electron chi connectivity index (χ3n) is 5.95. The van der Waals surface area contributed by atoms with Gasteiger partial charge in [0.2, 0.25) is 11.9 Å². The van der Waals surface area contributed by atoms with Gasteiger partial charge in [0.15, 0.2) is 0 Å². The number of guanidine groups is 1. The minimum atomic E-state index is -0.598. The van der Waals surface area contributed by atoms with E-state index in [0.29, 0.717) is 12.4 Å². The molecule has 1 atom stereocenters. The minimum absolute atomic E-state index is 0.255. The van der Waals surface area contributed by atoms with Gasteiger partial charge in [-0.05, 0) is 36.8 Å². The van der Waals surface area contributed by atoms with Crippen LogP contribution in [0.2, 0.25) is 0 Å². The third kappa shape index (κ3) is 3.64. The highest BCUT2D eigenvalue weighted by molar-refractivity contribution is 6.25. The molecule has 0 spiro atoms. The van der Waals surface area contributed by atoms with Gasteiger partial charge in [0.05, 0.1) is 26.7 Å². The average Bonchev–Trinajstić information content (AvgIpc) is 3.15. The second-order valence-corrected chi connectivity index (χ2v) is 8.17. The van der Waals surface area contributed by atoms with Crippen molar-refractivity contribution in [2.75, 3.05) is 58.8 Å². The maximum Gasteiger partial charge on any atom is 0.392 e. The Morgan fingerprint density at radius 3 is 2.39 bits per heavy atom. The monoisotopic (exact) mass is 425 g/mol. The smallest absolute Gasteiger partial charge is 0.392 e. The number of nitrogens with zero attached hydrogens (tertiary/aromatic N) is 6. The fraction of sp³-hybridized carbons (Fsp3) is 0.455. The Labute approximate surface area is 182 Å². The zero-order valence-electron chi connectivity index (χ0n) is 18.5. The molecule has 1 aromatic rings. The first kappa shape index (κ1) is 20.9. The van der Waals surface area contributed by atoms with E-state index >= 15 is 0 Å². The van der Waals surface area contributed by atoms with E-state index in [1.54, 1.807) is 14.2 Å². The molecule has 3 heterocycles. The van der Waals surface area contributed by atoms with Crippen molar-refractivity contribution in [3.05, 3.63) is 36.4 Å². The number of hydrogen-bond donors (Lipinski definition) is 0. The fourth-order valence-corrected chi connectivity index (χ4v) is 4.25. The molecule has 1 unspecified atom stereocenters. The Hall–Kier alpha value is -3.36. The van der Waals surface area contributed by atoms with Crippen LogP contribution < -0.4 is 9.64 Å². The van der Waals surface area contributed by atoms with Crippen LogP contribution >= 0.6 is 0 Å². The zero-order valence-corrected chi connectivity index (χ0v) is 18.5. The van der Waals surface area contributed by atoms with Crippen molar-refractivity contribution >= 4 is 29.4 Å². The molecule has 0 N–H and O–H groups in total. The first-order valence-electron chi connectivity index (χ1n) is 10.4. The van der Waals surface area contributed by atoms with Crippen molar-refractivity contribution < 1.29 is 18.9 Å². The second-order valence-electron chi connectivity index (χ2n) is 8.17. The van der Waals surface area contributed by atoms with Crippen molar-refractivity contribution in [2.24, 2.45) is 4.99 Å². The second kappa shape index (κ2) is 8.05. The maximum absolute atomic E-state index is 12.9. The van der Waals surface area contributed by atoms with Crippen molar-refractivity contribution in [1.29, 1.82) is 0 Å². The molecule has 2 fully saturated rings. The predicted octanol–water partition coefficient (Wildman–Crippen LogP) is 1.07. The van der Waals surface area contributed by atoms with Crippen LogP contribution in [0.15, 0.2) is 41.4 Å². The number of anilines is 1. The van der Waals surface area contributed by atoms with E-state index in [1.807, 2.05) is 24.0 Å². The molecule has 0 aromatic heterocycles. The van der Waals surface area contributed by atoms with E-state index in [4.69, 9.17) is 9.73 Å². The van der Waals surface area contributed by atoms with Crippen molar-refractivity contribution in [2.45, 2.75) is 13.0 Å². The Balaban J connectivity index is 1.61. The number of carbonyl (C=O) groups is 2. The van der Waals surface area contributed by atoms with E-state index in [-0.39, 0.29) is 11.9 Å². The molecule has 3 aliphatic rings. The van der Waals surface area contributed by atoms with Crippen LogP contribution in [0.5, 0.6) is 5.75 Å². The quantitative estimate of drug-likeness (QED) is 0.533. The molecule has 3 amide bonds. The molecular formula is C22H29N6O3+. The molecule has 164 valence electrons. The summed E-state index contributed by atoms with van der Waals surface area (Å²) in [6.07, 6.45) is 0. The van der Waals surface area contributed by atoms with Crippen LogP contribution in [0.25, 0.3) is 0 Å². The van der Waals surface area contributed by atoms with Gasteiger partial charge in [-0.1, -0.05) is 11.6 Å². The van der Waals surface area contributed by atoms with Gasteiger partial charge in [0.25, 0.3) is 5.91 Å². The number of likely N-dealkylation sites (N-methyl/N-ethyl adjacent to an activating group) is 2. The van der Waals surface area contributed by atoms with E-state index in [2.05, 4.69) is 28.2 Å². The molecule has 9 nitrogen and oxygen atoms in total. The van der Waals surface area contributed by atoms with Gasteiger partial charge in [-0.3, -0.25) is 19.2 Å².